The third kappa shape index (κ3) is 60.7. The van der Waals surface area contributed by atoms with Gasteiger partial charge < -0.3 is 33.8 Å². The summed E-state index contributed by atoms with van der Waals surface area (Å²) >= 11 is 0. The molecule has 0 fully saturated rings. The highest BCUT2D eigenvalue weighted by Crippen LogP contribution is 2.45. The quantitative estimate of drug-likeness (QED) is 0.0222. The van der Waals surface area contributed by atoms with Crippen LogP contribution in [-0.4, -0.2) is 96.7 Å². The number of phosphoric ester groups is 2. The lowest BCUT2D eigenvalue weighted by atomic mass is 10.0. The van der Waals surface area contributed by atoms with E-state index in [1.165, 1.54) is 135 Å². The summed E-state index contributed by atoms with van der Waals surface area (Å²) in [7, 11) is -9.89. The number of ether oxygens (including phenoxy) is 4. The highest BCUT2D eigenvalue weighted by atomic mass is 31.2. The fraction of sp³-hybridized carbons (Fsp3) is 0.939. The molecule has 0 aliphatic rings. The number of hydrogen-bond acceptors (Lipinski definition) is 15. The summed E-state index contributed by atoms with van der Waals surface area (Å²) in [4.78, 5) is 72.2. The van der Waals surface area contributed by atoms with Crippen LogP contribution in [0.15, 0.2) is 0 Å². The van der Waals surface area contributed by atoms with Crippen molar-refractivity contribution in [3.63, 3.8) is 0 Å². The minimum atomic E-state index is -4.95. The van der Waals surface area contributed by atoms with Gasteiger partial charge >= 0.3 is 39.5 Å². The van der Waals surface area contributed by atoms with Crippen molar-refractivity contribution in [2.24, 2.45) is 11.8 Å². The van der Waals surface area contributed by atoms with E-state index < -0.39 is 97.5 Å². The second-order valence-corrected chi connectivity index (χ2v) is 27.7. The smallest absolute Gasteiger partial charge is 0.462 e. The Labute approximate surface area is 517 Å². The topological polar surface area (TPSA) is 237 Å². The van der Waals surface area contributed by atoms with Gasteiger partial charge in [-0.25, -0.2) is 9.13 Å². The Morgan fingerprint density at radius 2 is 0.541 bits per heavy atom. The SMILES string of the molecule is CCCCCCCCCCCCCCCCCCCCC(=O)O[C@H](COC(=O)CCCCCCCCCC(C)C)COP(=O)(O)OC[C@@H](O)COP(=O)(O)OC[C@@H](COC(=O)CCCCCCCCCC)OC(=O)CCCCCCCCC(C)C. The maximum absolute atomic E-state index is 13.0. The number of rotatable bonds is 65. The zero-order chi connectivity index (χ0) is 62.9. The van der Waals surface area contributed by atoms with Crippen LogP contribution in [0.1, 0.15) is 330 Å². The zero-order valence-corrected chi connectivity index (χ0v) is 56.7. The predicted octanol–water partition coefficient (Wildman–Crippen LogP) is 18.4. The molecular formula is C66H128O17P2. The predicted molar refractivity (Wildman–Crippen MR) is 340 cm³/mol. The average molecular weight is 1260 g/mol. The van der Waals surface area contributed by atoms with Crippen LogP contribution in [0.3, 0.4) is 0 Å². The van der Waals surface area contributed by atoms with Crippen molar-refractivity contribution in [1.82, 2.24) is 0 Å². The van der Waals surface area contributed by atoms with Crippen LogP contribution in [0.4, 0.5) is 0 Å². The highest BCUT2D eigenvalue weighted by molar-refractivity contribution is 7.47. The first-order valence-electron chi connectivity index (χ1n) is 34.5. The van der Waals surface area contributed by atoms with Gasteiger partial charge in [0.1, 0.15) is 19.3 Å². The molecule has 2 unspecified atom stereocenters. The minimum Gasteiger partial charge on any atom is -0.462 e. The molecule has 504 valence electrons. The van der Waals surface area contributed by atoms with Crippen LogP contribution in [0.5, 0.6) is 0 Å². The summed E-state index contributed by atoms with van der Waals surface area (Å²) in [6.45, 7) is 9.34. The van der Waals surface area contributed by atoms with Gasteiger partial charge in [-0.3, -0.25) is 37.3 Å². The van der Waals surface area contributed by atoms with Crippen LogP contribution < -0.4 is 0 Å². The maximum atomic E-state index is 13.0. The number of hydrogen-bond donors (Lipinski definition) is 3. The van der Waals surface area contributed by atoms with Gasteiger partial charge in [-0.05, 0) is 37.5 Å². The van der Waals surface area contributed by atoms with Gasteiger partial charge in [0.15, 0.2) is 12.2 Å². The third-order valence-corrected chi connectivity index (χ3v) is 17.1. The largest absolute Gasteiger partial charge is 0.472 e. The van der Waals surface area contributed by atoms with Crippen molar-refractivity contribution in [3.8, 4) is 0 Å². The van der Waals surface area contributed by atoms with Crippen LogP contribution in [0.25, 0.3) is 0 Å². The summed E-state index contributed by atoms with van der Waals surface area (Å²) in [5.74, 6) is -0.764. The Balaban J connectivity index is 5.17. The molecule has 0 amide bonds. The van der Waals surface area contributed by atoms with Gasteiger partial charge in [-0.15, -0.1) is 0 Å². The van der Waals surface area contributed by atoms with Gasteiger partial charge in [0.25, 0.3) is 0 Å². The molecule has 3 N–H and O–H groups in total. The van der Waals surface area contributed by atoms with E-state index in [-0.39, 0.29) is 25.7 Å². The Bertz CT molecular complexity index is 1670. The second-order valence-electron chi connectivity index (χ2n) is 24.8. The number of carbonyl (C=O) groups excluding carboxylic acids is 4. The number of phosphoric acid groups is 2. The lowest BCUT2D eigenvalue weighted by Gasteiger charge is -2.21. The Morgan fingerprint density at radius 3 is 0.800 bits per heavy atom. The molecule has 5 atom stereocenters. The van der Waals surface area contributed by atoms with E-state index in [0.717, 1.165) is 103 Å². The van der Waals surface area contributed by atoms with Crippen LogP contribution in [0, 0.1) is 11.8 Å². The minimum absolute atomic E-state index is 0.102. The standard InChI is InChI=1S/C66H128O17P2/c1-7-9-11-13-15-17-18-19-20-21-22-23-24-25-26-30-38-44-50-65(70)82-61(54-77-64(69)49-43-37-31-27-28-34-40-46-58(3)4)56-80-84(72,73)78-52-60(67)53-79-85(74,75)81-57-62(55-76-63(68)48-42-36-29-16-14-12-10-8-2)83-66(71)51-45-39-33-32-35-41-47-59(5)6/h58-62,67H,7-57H2,1-6H3,(H,72,73)(H,74,75)/t60-,61-,62-/m1/s1. The molecule has 0 radical (unpaired) electrons. The fourth-order valence-electron chi connectivity index (χ4n) is 9.88. The van der Waals surface area contributed by atoms with E-state index in [9.17, 15) is 43.2 Å². The third-order valence-electron chi connectivity index (χ3n) is 15.2. The molecule has 0 saturated heterocycles. The van der Waals surface area contributed by atoms with Crippen molar-refractivity contribution < 1.29 is 80.2 Å². The maximum Gasteiger partial charge on any atom is 0.472 e. The molecule has 0 aromatic heterocycles. The first kappa shape index (κ1) is 83.1. The van der Waals surface area contributed by atoms with Crippen molar-refractivity contribution in [2.75, 3.05) is 39.6 Å². The Morgan fingerprint density at radius 1 is 0.318 bits per heavy atom. The van der Waals surface area contributed by atoms with Crippen LogP contribution in [0.2, 0.25) is 0 Å². The van der Waals surface area contributed by atoms with Crippen molar-refractivity contribution in [2.45, 2.75) is 349 Å². The Hall–Kier alpha value is -1.94. The molecule has 0 aliphatic heterocycles. The van der Waals surface area contributed by atoms with Gasteiger partial charge in [0, 0.05) is 25.7 Å². The first-order valence-corrected chi connectivity index (χ1v) is 37.5. The van der Waals surface area contributed by atoms with Gasteiger partial charge in [-0.2, -0.15) is 0 Å². The van der Waals surface area contributed by atoms with E-state index in [2.05, 4.69) is 41.5 Å². The summed E-state index contributed by atoms with van der Waals surface area (Å²) in [5, 5.41) is 10.5. The molecule has 0 bridgehead atoms. The van der Waals surface area contributed by atoms with Crippen molar-refractivity contribution in [3.05, 3.63) is 0 Å². The number of aliphatic hydroxyl groups is 1. The molecule has 0 rings (SSSR count). The molecule has 0 heterocycles. The lowest BCUT2D eigenvalue weighted by molar-refractivity contribution is -0.161. The van der Waals surface area contributed by atoms with Crippen LogP contribution in [-0.2, 0) is 65.4 Å². The molecule has 19 heteroatoms. The molecule has 0 aromatic carbocycles. The lowest BCUT2D eigenvalue weighted by Crippen LogP contribution is -2.30. The fourth-order valence-corrected chi connectivity index (χ4v) is 11.5. The number of aliphatic hydroxyl groups excluding tert-OH is 1. The van der Waals surface area contributed by atoms with Gasteiger partial charge in [-0.1, -0.05) is 279 Å². The molecule has 0 saturated carbocycles. The van der Waals surface area contributed by atoms with E-state index in [0.29, 0.717) is 37.5 Å². The molecule has 85 heavy (non-hydrogen) atoms. The second kappa shape index (κ2) is 58.4. The molecular weight excluding hydrogens is 1130 g/mol. The number of carbonyl (C=O) groups is 4. The molecule has 0 aromatic rings. The normalized spacial score (nSPS) is 14.2. The van der Waals surface area contributed by atoms with Gasteiger partial charge in [0.05, 0.1) is 26.4 Å². The van der Waals surface area contributed by atoms with Crippen molar-refractivity contribution in [1.29, 1.82) is 0 Å². The molecule has 0 aliphatic carbocycles. The summed E-state index contributed by atoms with van der Waals surface area (Å²) in [6.07, 6.45) is 42.1. The first-order chi connectivity index (χ1) is 40.9. The Kier molecular flexibility index (Phi) is 57.1. The number of unbranched alkanes of at least 4 members (excludes halogenated alkanes) is 35. The average Bonchev–Trinajstić information content (AvgIpc) is 3.49. The van der Waals surface area contributed by atoms with E-state index in [4.69, 9.17) is 37.0 Å². The van der Waals surface area contributed by atoms with E-state index in [1.807, 2.05) is 0 Å². The molecule has 17 nitrogen and oxygen atoms in total. The summed E-state index contributed by atoms with van der Waals surface area (Å²) in [6, 6.07) is 0. The summed E-state index contributed by atoms with van der Waals surface area (Å²) in [5.41, 5.74) is 0. The number of esters is 4. The van der Waals surface area contributed by atoms with E-state index >= 15 is 0 Å². The summed E-state index contributed by atoms with van der Waals surface area (Å²) < 4.78 is 68.0. The van der Waals surface area contributed by atoms with E-state index in [1.54, 1.807) is 0 Å². The zero-order valence-electron chi connectivity index (χ0n) is 54.9. The van der Waals surface area contributed by atoms with Gasteiger partial charge in [0.2, 0.25) is 0 Å². The molecule has 0 spiro atoms. The van der Waals surface area contributed by atoms with Crippen LogP contribution >= 0.6 is 15.6 Å². The highest BCUT2D eigenvalue weighted by Gasteiger charge is 2.30. The monoisotopic (exact) mass is 1250 g/mol. The van der Waals surface area contributed by atoms with Crippen molar-refractivity contribution >= 4 is 39.5 Å².